The third kappa shape index (κ3) is 5.60. The van der Waals surface area contributed by atoms with E-state index in [9.17, 15) is 4.79 Å². The van der Waals surface area contributed by atoms with Crippen molar-refractivity contribution < 1.29 is 9.21 Å². The van der Waals surface area contributed by atoms with E-state index in [1.165, 1.54) is 0 Å². The maximum Gasteiger partial charge on any atom is 0.257 e. The number of aromatic nitrogens is 1. The number of thiocarbonyl (C=S) groups is 1. The first-order chi connectivity index (χ1) is 17.8. The molecule has 0 spiro atoms. The molecule has 184 valence electrons. The maximum atomic E-state index is 12.6. The van der Waals surface area contributed by atoms with Crippen molar-refractivity contribution in [3.63, 3.8) is 0 Å². The highest BCUT2D eigenvalue weighted by atomic mass is 32.1. The molecule has 5 nitrogen and oxygen atoms in total. The number of carbonyl (C=O) groups excluding carboxylic acids is 1. The quantitative estimate of drug-likeness (QED) is 0.246. The van der Waals surface area contributed by atoms with Crippen molar-refractivity contribution in [2.45, 2.75) is 26.2 Å². The van der Waals surface area contributed by atoms with E-state index in [0.717, 1.165) is 22.3 Å². The average Bonchev–Trinajstić information content (AvgIpc) is 3.32. The summed E-state index contributed by atoms with van der Waals surface area (Å²) in [6, 6.07) is 31.4. The molecule has 5 aromatic rings. The molecule has 0 saturated heterocycles. The molecular formula is C31H27N3O2S. The average molecular weight is 506 g/mol. The molecule has 0 aliphatic rings. The number of oxazole rings is 1. The number of amides is 1. The number of hydrogen-bond donors (Lipinski definition) is 2. The molecule has 0 fully saturated rings. The van der Waals surface area contributed by atoms with Gasteiger partial charge in [0, 0.05) is 16.8 Å². The zero-order valence-corrected chi connectivity index (χ0v) is 21.7. The first-order valence-corrected chi connectivity index (χ1v) is 12.5. The maximum absolute atomic E-state index is 12.6. The summed E-state index contributed by atoms with van der Waals surface area (Å²) in [6.07, 6.45) is 0. The number of fused-ring (bicyclic) bond motifs is 1. The van der Waals surface area contributed by atoms with Crippen molar-refractivity contribution in [1.82, 2.24) is 10.3 Å². The summed E-state index contributed by atoms with van der Waals surface area (Å²) < 4.78 is 5.97. The molecule has 37 heavy (non-hydrogen) atoms. The van der Waals surface area contributed by atoms with Crippen LogP contribution in [0.5, 0.6) is 0 Å². The van der Waals surface area contributed by atoms with E-state index in [0.29, 0.717) is 28.2 Å². The molecule has 1 amide bonds. The molecule has 5 rings (SSSR count). The summed E-state index contributed by atoms with van der Waals surface area (Å²) in [4.78, 5) is 17.3. The number of nitrogens with one attached hydrogen (secondary N) is 2. The lowest BCUT2D eigenvalue weighted by Crippen LogP contribution is -2.34. The second-order valence-corrected chi connectivity index (χ2v) is 10.3. The topological polar surface area (TPSA) is 67.2 Å². The van der Waals surface area contributed by atoms with E-state index in [-0.39, 0.29) is 16.4 Å². The first kappa shape index (κ1) is 24.4. The molecular weight excluding hydrogens is 478 g/mol. The molecule has 1 aromatic heterocycles. The highest BCUT2D eigenvalue weighted by molar-refractivity contribution is 7.80. The lowest BCUT2D eigenvalue weighted by Gasteiger charge is -2.19. The smallest absolute Gasteiger partial charge is 0.257 e. The van der Waals surface area contributed by atoms with E-state index in [1.54, 1.807) is 0 Å². The van der Waals surface area contributed by atoms with Crippen LogP contribution in [0.15, 0.2) is 101 Å². The van der Waals surface area contributed by atoms with Gasteiger partial charge in [-0.3, -0.25) is 10.1 Å². The van der Waals surface area contributed by atoms with Gasteiger partial charge in [-0.2, -0.15) is 0 Å². The van der Waals surface area contributed by atoms with Crippen LogP contribution in [0.3, 0.4) is 0 Å². The monoisotopic (exact) mass is 505 g/mol. The normalized spacial score (nSPS) is 11.3. The standard InChI is InChI=1S/C31H27N3O2S/c1-31(2,3)24-15-13-22(14-16-24)28(35)34-30(37)32-25-17-18-27-26(19-25)33-29(36-27)23-11-9-21(10-12-23)20-7-5-4-6-8-20/h4-19H,1-3H3,(H2,32,34,35,37). The number of benzene rings is 4. The van der Waals surface area contributed by atoms with E-state index >= 15 is 0 Å². The van der Waals surface area contributed by atoms with Crippen molar-refractivity contribution in [2.75, 3.05) is 5.32 Å². The second kappa shape index (κ2) is 9.99. The van der Waals surface area contributed by atoms with Crippen molar-refractivity contribution in [2.24, 2.45) is 0 Å². The molecule has 2 N–H and O–H groups in total. The van der Waals surface area contributed by atoms with E-state index < -0.39 is 0 Å². The molecule has 1 heterocycles. The molecule has 4 aromatic carbocycles. The number of hydrogen-bond acceptors (Lipinski definition) is 4. The Bertz CT molecular complexity index is 1570. The lowest BCUT2D eigenvalue weighted by molar-refractivity contribution is 0.0977. The molecule has 0 radical (unpaired) electrons. The fourth-order valence-corrected chi connectivity index (χ4v) is 4.23. The Hall–Kier alpha value is -4.29. The minimum absolute atomic E-state index is 0.0249. The van der Waals surface area contributed by atoms with Crippen LogP contribution in [-0.4, -0.2) is 16.0 Å². The van der Waals surface area contributed by atoms with Crippen molar-refractivity contribution >= 4 is 40.0 Å². The molecule has 6 heteroatoms. The van der Waals surface area contributed by atoms with E-state index in [4.69, 9.17) is 16.6 Å². The Morgan fingerprint density at radius 1 is 0.811 bits per heavy atom. The minimum atomic E-state index is -0.262. The summed E-state index contributed by atoms with van der Waals surface area (Å²) in [5.41, 5.74) is 6.99. The molecule has 0 unspecified atom stereocenters. The number of rotatable bonds is 4. The Balaban J connectivity index is 1.26. The molecule has 0 bridgehead atoms. The largest absolute Gasteiger partial charge is 0.436 e. The number of anilines is 1. The lowest BCUT2D eigenvalue weighted by atomic mass is 9.87. The van der Waals surface area contributed by atoms with Crippen LogP contribution in [0.25, 0.3) is 33.7 Å². The fraction of sp³-hybridized carbons (Fsp3) is 0.129. The highest BCUT2D eigenvalue weighted by Crippen LogP contribution is 2.28. The van der Waals surface area contributed by atoms with Gasteiger partial charge in [0.1, 0.15) is 5.52 Å². The van der Waals surface area contributed by atoms with Gasteiger partial charge in [0.05, 0.1) is 0 Å². The van der Waals surface area contributed by atoms with Crippen LogP contribution in [0.4, 0.5) is 5.69 Å². The Labute approximate surface area is 221 Å². The third-order valence-corrected chi connectivity index (χ3v) is 6.33. The fourth-order valence-electron chi connectivity index (χ4n) is 4.02. The number of carbonyl (C=O) groups is 1. The molecule has 0 aliphatic heterocycles. The van der Waals surface area contributed by atoms with Crippen molar-refractivity contribution in [3.05, 3.63) is 108 Å². The zero-order chi connectivity index (χ0) is 26.0. The summed E-state index contributed by atoms with van der Waals surface area (Å²) in [7, 11) is 0. The van der Waals surface area contributed by atoms with Crippen LogP contribution in [0, 0.1) is 0 Å². The van der Waals surface area contributed by atoms with Gasteiger partial charge in [-0.1, -0.05) is 75.4 Å². The van der Waals surface area contributed by atoms with Gasteiger partial charge < -0.3 is 9.73 Å². The summed E-state index contributed by atoms with van der Waals surface area (Å²) in [5.74, 6) is 0.281. The third-order valence-electron chi connectivity index (χ3n) is 6.12. The summed E-state index contributed by atoms with van der Waals surface area (Å²) >= 11 is 5.37. The zero-order valence-electron chi connectivity index (χ0n) is 20.9. The SMILES string of the molecule is CC(C)(C)c1ccc(C(=O)NC(=S)Nc2ccc3oc(-c4ccc(-c5ccccc5)cc4)nc3c2)cc1. The Kier molecular flexibility index (Phi) is 6.59. The Morgan fingerprint density at radius 2 is 1.46 bits per heavy atom. The van der Waals surface area contributed by atoms with Gasteiger partial charge in [0.2, 0.25) is 5.89 Å². The van der Waals surface area contributed by atoms with Crippen LogP contribution in [0.1, 0.15) is 36.7 Å². The van der Waals surface area contributed by atoms with Crippen molar-refractivity contribution in [3.8, 4) is 22.6 Å². The van der Waals surface area contributed by atoms with Gasteiger partial charge in [0.25, 0.3) is 5.91 Å². The number of nitrogens with zero attached hydrogens (tertiary/aromatic N) is 1. The summed E-state index contributed by atoms with van der Waals surface area (Å²) in [5, 5.41) is 6.01. The van der Waals surface area contributed by atoms with Crippen LogP contribution < -0.4 is 10.6 Å². The first-order valence-electron chi connectivity index (χ1n) is 12.1. The van der Waals surface area contributed by atoms with Gasteiger partial charge in [-0.25, -0.2) is 4.98 Å². The minimum Gasteiger partial charge on any atom is -0.436 e. The predicted octanol–water partition coefficient (Wildman–Crippen LogP) is 7.59. The molecule has 0 atom stereocenters. The van der Waals surface area contributed by atoms with Gasteiger partial charge in [0.15, 0.2) is 10.7 Å². The van der Waals surface area contributed by atoms with E-state index in [2.05, 4.69) is 60.7 Å². The van der Waals surface area contributed by atoms with Crippen molar-refractivity contribution in [1.29, 1.82) is 0 Å². The van der Waals surface area contributed by atoms with Gasteiger partial charge in [-0.15, -0.1) is 0 Å². The molecule has 0 aliphatic carbocycles. The second-order valence-electron chi connectivity index (χ2n) is 9.88. The van der Waals surface area contributed by atoms with Crippen LogP contribution >= 0.6 is 12.2 Å². The molecule has 0 saturated carbocycles. The van der Waals surface area contributed by atoms with Crippen LogP contribution in [0.2, 0.25) is 0 Å². The van der Waals surface area contributed by atoms with Crippen LogP contribution in [-0.2, 0) is 5.41 Å². The predicted molar refractivity (Wildman–Crippen MR) is 154 cm³/mol. The van der Waals surface area contributed by atoms with Gasteiger partial charge in [-0.05, 0) is 76.8 Å². The van der Waals surface area contributed by atoms with Gasteiger partial charge >= 0.3 is 0 Å². The van der Waals surface area contributed by atoms with E-state index in [1.807, 2.05) is 72.8 Å². The summed E-state index contributed by atoms with van der Waals surface area (Å²) in [6.45, 7) is 6.41. The highest BCUT2D eigenvalue weighted by Gasteiger charge is 2.15. The Morgan fingerprint density at radius 3 is 2.14 bits per heavy atom.